The number of methoxy groups -OCH3 is 1. The predicted octanol–water partition coefficient (Wildman–Crippen LogP) is 5.02. The number of allylic oxidation sites excluding steroid dienone is 1. The van der Waals surface area contributed by atoms with Gasteiger partial charge in [-0.3, -0.25) is 0 Å². The van der Waals surface area contributed by atoms with Crippen molar-refractivity contribution < 1.29 is 19.0 Å². The number of nitrogens with zero attached hydrogens (tertiary/aromatic N) is 3. The van der Waals surface area contributed by atoms with Crippen molar-refractivity contribution in [1.29, 1.82) is 0 Å². The van der Waals surface area contributed by atoms with E-state index in [1.165, 1.54) is 6.33 Å². The molecule has 1 aliphatic heterocycles. The van der Waals surface area contributed by atoms with Crippen LogP contribution in [-0.2, 0) is 16.1 Å². The molecular formula is C23H22Cl2N4O4. The van der Waals surface area contributed by atoms with Crippen molar-refractivity contribution in [3.05, 3.63) is 75.2 Å². The quantitative estimate of drug-likeness (QED) is 0.466. The van der Waals surface area contributed by atoms with Crippen LogP contribution >= 0.6 is 23.2 Å². The van der Waals surface area contributed by atoms with Gasteiger partial charge in [0.15, 0.2) is 11.5 Å². The van der Waals surface area contributed by atoms with Gasteiger partial charge in [-0.2, -0.15) is 10.1 Å². The lowest BCUT2D eigenvalue weighted by Crippen LogP contribution is -2.29. The second-order valence-electron chi connectivity index (χ2n) is 7.25. The van der Waals surface area contributed by atoms with Gasteiger partial charge in [0.25, 0.3) is 0 Å². The molecule has 0 bridgehead atoms. The molecule has 0 fully saturated rings. The summed E-state index contributed by atoms with van der Waals surface area (Å²) in [6.07, 6.45) is 1.43. The molecule has 4 rings (SSSR count). The minimum Gasteiger partial charge on any atom is -0.493 e. The number of benzene rings is 2. The van der Waals surface area contributed by atoms with E-state index in [-0.39, 0.29) is 13.2 Å². The molecule has 8 nitrogen and oxygen atoms in total. The van der Waals surface area contributed by atoms with Gasteiger partial charge in [0.05, 0.1) is 19.3 Å². The third-order valence-electron chi connectivity index (χ3n) is 5.19. The van der Waals surface area contributed by atoms with Crippen molar-refractivity contribution in [2.45, 2.75) is 26.5 Å². The van der Waals surface area contributed by atoms with Crippen molar-refractivity contribution in [2.24, 2.45) is 0 Å². The predicted molar refractivity (Wildman–Crippen MR) is 125 cm³/mol. The molecule has 2 aromatic carbocycles. The highest BCUT2D eigenvalue weighted by Gasteiger charge is 2.34. The number of fused-ring (bicyclic) bond motifs is 1. The van der Waals surface area contributed by atoms with Crippen molar-refractivity contribution in [2.75, 3.05) is 19.0 Å². The third-order valence-corrected chi connectivity index (χ3v) is 5.78. The minimum atomic E-state index is -0.545. The molecule has 10 heteroatoms. The fourth-order valence-electron chi connectivity index (χ4n) is 3.64. The topological polar surface area (TPSA) is 87.5 Å². The molecular weight excluding hydrogens is 467 g/mol. The van der Waals surface area contributed by atoms with Crippen LogP contribution in [0.25, 0.3) is 0 Å². The van der Waals surface area contributed by atoms with Crippen LogP contribution in [0.15, 0.2) is 54.0 Å². The molecule has 0 amide bonds. The smallest absolute Gasteiger partial charge is 0.338 e. The maximum absolute atomic E-state index is 12.8. The molecule has 0 radical (unpaired) electrons. The van der Waals surface area contributed by atoms with Gasteiger partial charge in [-0.1, -0.05) is 35.3 Å². The van der Waals surface area contributed by atoms with Crippen LogP contribution in [0.3, 0.4) is 0 Å². The molecule has 2 heterocycles. The van der Waals surface area contributed by atoms with Crippen molar-refractivity contribution in [3.8, 4) is 11.5 Å². The van der Waals surface area contributed by atoms with E-state index >= 15 is 0 Å². The van der Waals surface area contributed by atoms with E-state index in [1.54, 1.807) is 36.9 Å². The first-order valence-electron chi connectivity index (χ1n) is 10.2. The number of anilines is 1. The average molecular weight is 489 g/mol. The van der Waals surface area contributed by atoms with E-state index in [1.807, 2.05) is 25.1 Å². The van der Waals surface area contributed by atoms with Gasteiger partial charge in [0, 0.05) is 21.3 Å². The van der Waals surface area contributed by atoms with E-state index < -0.39 is 12.0 Å². The summed E-state index contributed by atoms with van der Waals surface area (Å²) in [5.74, 6) is 1.13. The highest BCUT2D eigenvalue weighted by molar-refractivity contribution is 6.35. The Morgan fingerprint density at radius 3 is 2.73 bits per heavy atom. The third kappa shape index (κ3) is 4.62. The zero-order valence-corrected chi connectivity index (χ0v) is 19.8. The Labute approximate surface area is 201 Å². The molecule has 172 valence electrons. The monoisotopic (exact) mass is 488 g/mol. The Kier molecular flexibility index (Phi) is 6.76. The van der Waals surface area contributed by atoms with E-state index in [9.17, 15) is 4.79 Å². The number of hydrogen-bond donors (Lipinski definition) is 1. The van der Waals surface area contributed by atoms with Crippen LogP contribution in [0.2, 0.25) is 10.0 Å². The van der Waals surface area contributed by atoms with Crippen molar-refractivity contribution >= 4 is 35.1 Å². The molecule has 0 aliphatic carbocycles. The standard InChI is InChI=1S/C23H22Cl2N4O4/c1-4-32-22(30)20-13(2)28-23-26-12-27-29(23)21(20)14-6-8-18(19(9-14)31-3)33-11-15-5-7-16(24)10-17(15)25/h5-10,12,21H,4,11H2,1-3H3,(H,26,27,28). The summed E-state index contributed by atoms with van der Waals surface area (Å²) in [5.41, 5.74) is 2.65. The van der Waals surface area contributed by atoms with E-state index in [4.69, 9.17) is 37.4 Å². The summed E-state index contributed by atoms with van der Waals surface area (Å²) in [6.45, 7) is 4.07. The lowest BCUT2D eigenvalue weighted by Gasteiger charge is -2.28. The zero-order chi connectivity index (χ0) is 23.5. The van der Waals surface area contributed by atoms with Crippen LogP contribution in [0.4, 0.5) is 5.95 Å². The van der Waals surface area contributed by atoms with Gasteiger partial charge in [0.1, 0.15) is 19.0 Å². The van der Waals surface area contributed by atoms with Gasteiger partial charge in [-0.05, 0) is 43.7 Å². The Balaban J connectivity index is 1.67. The molecule has 1 unspecified atom stereocenters. The van der Waals surface area contributed by atoms with E-state index in [2.05, 4.69) is 15.4 Å². The number of halogens is 2. The van der Waals surface area contributed by atoms with Gasteiger partial charge in [-0.25, -0.2) is 9.48 Å². The van der Waals surface area contributed by atoms with Gasteiger partial charge in [-0.15, -0.1) is 0 Å². The Morgan fingerprint density at radius 1 is 1.18 bits per heavy atom. The van der Waals surface area contributed by atoms with Crippen molar-refractivity contribution in [1.82, 2.24) is 14.8 Å². The summed E-state index contributed by atoms with van der Waals surface area (Å²) >= 11 is 12.2. The number of aromatic nitrogens is 3. The van der Waals surface area contributed by atoms with Crippen LogP contribution in [-0.4, -0.2) is 34.5 Å². The number of nitrogens with one attached hydrogen (secondary N) is 1. The summed E-state index contributed by atoms with van der Waals surface area (Å²) in [4.78, 5) is 17.0. The first-order chi connectivity index (χ1) is 15.9. The SMILES string of the molecule is CCOC(=O)C1=C(C)Nc2ncnn2C1c1ccc(OCc2ccc(Cl)cc2Cl)c(OC)c1. The Bertz CT molecular complexity index is 1220. The molecule has 0 spiro atoms. The lowest BCUT2D eigenvalue weighted by molar-refractivity contribution is -0.139. The number of carbonyl (C=O) groups excluding carboxylic acids is 1. The first kappa shape index (κ1) is 22.9. The Hall–Kier alpha value is -3.23. The van der Waals surface area contributed by atoms with Crippen LogP contribution in [0.5, 0.6) is 11.5 Å². The number of carbonyl (C=O) groups is 1. The first-order valence-corrected chi connectivity index (χ1v) is 11.0. The second kappa shape index (κ2) is 9.72. The zero-order valence-electron chi connectivity index (χ0n) is 18.3. The van der Waals surface area contributed by atoms with Crippen molar-refractivity contribution in [3.63, 3.8) is 0 Å². The molecule has 1 aromatic heterocycles. The molecule has 0 saturated heterocycles. The Morgan fingerprint density at radius 2 is 2.00 bits per heavy atom. The molecule has 1 aliphatic rings. The summed E-state index contributed by atoms with van der Waals surface area (Å²) < 4.78 is 18.5. The van der Waals surface area contributed by atoms with E-state index in [0.717, 1.165) is 11.1 Å². The van der Waals surface area contributed by atoms with E-state index in [0.29, 0.717) is 38.8 Å². The maximum atomic E-state index is 12.8. The molecule has 33 heavy (non-hydrogen) atoms. The number of hydrogen-bond acceptors (Lipinski definition) is 7. The summed E-state index contributed by atoms with van der Waals surface area (Å²) in [7, 11) is 1.55. The summed E-state index contributed by atoms with van der Waals surface area (Å²) in [6, 6.07) is 10.1. The number of ether oxygens (including phenoxy) is 3. The molecule has 3 aromatic rings. The molecule has 1 atom stereocenters. The minimum absolute atomic E-state index is 0.235. The second-order valence-corrected chi connectivity index (χ2v) is 8.09. The average Bonchev–Trinajstić information content (AvgIpc) is 3.25. The van der Waals surface area contributed by atoms with Gasteiger partial charge in [0.2, 0.25) is 5.95 Å². The maximum Gasteiger partial charge on any atom is 0.338 e. The summed E-state index contributed by atoms with van der Waals surface area (Å²) in [5, 5.41) is 8.50. The lowest BCUT2D eigenvalue weighted by atomic mass is 9.95. The van der Waals surface area contributed by atoms with Crippen LogP contribution < -0.4 is 14.8 Å². The fraction of sp³-hybridized carbons (Fsp3) is 0.261. The largest absolute Gasteiger partial charge is 0.493 e. The normalized spacial score (nSPS) is 15.0. The van der Waals surface area contributed by atoms with Gasteiger partial charge >= 0.3 is 5.97 Å². The van der Waals surface area contributed by atoms with Crippen LogP contribution in [0.1, 0.15) is 31.0 Å². The fourth-order valence-corrected chi connectivity index (χ4v) is 4.10. The molecule has 1 N–H and O–H groups in total. The highest BCUT2D eigenvalue weighted by Crippen LogP contribution is 2.39. The number of rotatable bonds is 7. The van der Waals surface area contributed by atoms with Crippen LogP contribution in [0, 0.1) is 0 Å². The number of esters is 1. The highest BCUT2D eigenvalue weighted by atomic mass is 35.5. The molecule has 0 saturated carbocycles. The van der Waals surface area contributed by atoms with Gasteiger partial charge < -0.3 is 19.5 Å².